The number of amides is 3. The van der Waals surface area contributed by atoms with Crippen LogP contribution >= 0.6 is 0 Å². The lowest BCUT2D eigenvalue weighted by Gasteiger charge is -2.18. The third kappa shape index (κ3) is 4.31. The number of nitrogens with one attached hydrogen (secondary N) is 2. The molecule has 1 aliphatic rings. The van der Waals surface area contributed by atoms with Gasteiger partial charge >= 0.3 is 0 Å². The summed E-state index contributed by atoms with van der Waals surface area (Å²) in [4.78, 5) is 37.3. The number of carbonyl (C=O) groups is 3. The fourth-order valence-electron chi connectivity index (χ4n) is 2.64. The van der Waals surface area contributed by atoms with Gasteiger partial charge in [0.2, 0.25) is 17.7 Å². The van der Waals surface area contributed by atoms with Crippen molar-refractivity contribution in [2.24, 2.45) is 11.8 Å². The Bertz CT molecular complexity index is 611. The predicted molar refractivity (Wildman–Crippen MR) is 88.9 cm³/mol. The molecule has 1 aliphatic carbocycles. The van der Waals surface area contributed by atoms with Gasteiger partial charge in [-0.15, -0.1) is 0 Å². The molecule has 0 aliphatic heterocycles. The zero-order valence-electron chi connectivity index (χ0n) is 13.8. The van der Waals surface area contributed by atoms with Crippen LogP contribution < -0.4 is 10.6 Å². The van der Waals surface area contributed by atoms with Crippen LogP contribution in [0.2, 0.25) is 0 Å². The number of anilines is 2. The maximum atomic E-state index is 12.3. The molecule has 6 nitrogen and oxygen atoms in total. The molecule has 0 radical (unpaired) electrons. The van der Waals surface area contributed by atoms with Crippen LogP contribution in [0.25, 0.3) is 0 Å². The molecule has 2 N–H and O–H groups in total. The molecule has 0 saturated heterocycles. The van der Waals surface area contributed by atoms with Crippen molar-refractivity contribution < 1.29 is 14.4 Å². The summed E-state index contributed by atoms with van der Waals surface area (Å²) in [5.41, 5.74) is 1.24. The molecule has 6 heteroatoms. The molecule has 2 atom stereocenters. The maximum Gasteiger partial charge on any atom is 0.228 e. The van der Waals surface area contributed by atoms with E-state index in [0.717, 1.165) is 0 Å². The van der Waals surface area contributed by atoms with Gasteiger partial charge in [-0.1, -0.05) is 6.07 Å². The Labute approximate surface area is 136 Å². The first-order chi connectivity index (χ1) is 11.0. The summed E-state index contributed by atoms with van der Waals surface area (Å²) in [5, 5.41) is 5.49. The Morgan fingerprint density at radius 3 is 2.26 bits per heavy atom. The molecule has 0 aromatic heterocycles. The van der Waals surface area contributed by atoms with Crippen molar-refractivity contribution >= 4 is 29.1 Å². The van der Waals surface area contributed by atoms with Crippen LogP contribution in [0, 0.1) is 11.8 Å². The van der Waals surface area contributed by atoms with Crippen molar-refractivity contribution in [3.05, 3.63) is 24.3 Å². The maximum absolute atomic E-state index is 12.3. The Morgan fingerprint density at radius 1 is 1.09 bits per heavy atom. The Morgan fingerprint density at radius 2 is 1.70 bits per heavy atom. The third-order valence-corrected chi connectivity index (χ3v) is 3.97. The predicted octanol–water partition coefficient (Wildman–Crippen LogP) is 2.09. The highest BCUT2D eigenvalue weighted by molar-refractivity contribution is 6.00. The van der Waals surface area contributed by atoms with Gasteiger partial charge in [0.15, 0.2) is 0 Å². The monoisotopic (exact) mass is 317 g/mol. The van der Waals surface area contributed by atoms with Crippen molar-refractivity contribution in [3.63, 3.8) is 0 Å². The van der Waals surface area contributed by atoms with Gasteiger partial charge in [0.25, 0.3) is 0 Å². The lowest BCUT2D eigenvalue weighted by Crippen LogP contribution is -2.33. The quantitative estimate of drug-likeness (QED) is 0.843. The number of nitrogens with zero attached hydrogens (tertiary/aromatic N) is 1. The van der Waals surface area contributed by atoms with Crippen LogP contribution in [-0.2, 0) is 14.4 Å². The second-order valence-corrected chi connectivity index (χ2v) is 5.71. The minimum atomic E-state index is -0.257. The van der Waals surface area contributed by atoms with Crippen molar-refractivity contribution in [1.29, 1.82) is 0 Å². The van der Waals surface area contributed by atoms with Gasteiger partial charge in [0, 0.05) is 31.4 Å². The lowest BCUT2D eigenvalue weighted by molar-refractivity contribution is -0.133. The molecular weight excluding hydrogens is 294 g/mol. The minimum Gasteiger partial charge on any atom is -0.343 e. The first kappa shape index (κ1) is 17.0. The summed E-state index contributed by atoms with van der Waals surface area (Å²) in [6, 6.07) is 6.96. The number of rotatable bonds is 6. The molecule has 2 unspecified atom stereocenters. The molecule has 0 bridgehead atoms. The summed E-state index contributed by atoms with van der Waals surface area (Å²) in [6.45, 7) is 6.63. The average Bonchev–Trinajstić information content (AvgIpc) is 3.28. The van der Waals surface area contributed by atoms with E-state index < -0.39 is 0 Å². The summed E-state index contributed by atoms with van der Waals surface area (Å²) in [5.74, 6) is -0.709. The van der Waals surface area contributed by atoms with Gasteiger partial charge in [-0.3, -0.25) is 14.4 Å². The van der Waals surface area contributed by atoms with Crippen molar-refractivity contribution in [2.45, 2.75) is 27.2 Å². The van der Waals surface area contributed by atoms with Gasteiger partial charge in [-0.25, -0.2) is 0 Å². The molecule has 23 heavy (non-hydrogen) atoms. The zero-order valence-corrected chi connectivity index (χ0v) is 13.8. The molecule has 0 spiro atoms. The summed E-state index contributed by atoms with van der Waals surface area (Å²) in [7, 11) is 0. The molecule has 1 aromatic rings. The lowest BCUT2D eigenvalue weighted by atomic mass is 10.2. The minimum absolute atomic E-state index is 0.0575. The van der Waals surface area contributed by atoms with Crippen LogP contribution in [0.1, 0.15) is 27.2 Å². The van der Waals surface area contributed by atoms with E-state index >= 15 is 0 Å². The molecule has 1 saturated carbocycles. The van der Waals surface area contributed by atoms with Crippen molar-refractivity contribution in [2.75, 3.05) is 23.7 Å². The average molecular weight is 317 g/mol. The van der Waals surface area contributed by atoms with Crippen LogP contribution in [0.5, 0.6) is 0 Å². The standard InChI is InChI=1S/C17H23N3O3/c1-4-20(5-2)17(23)15-10-14(15)16(22)19-13-8-6-7-12(9-13)18-11(3)21/h6-9,14-15H,4-5,10H2,1-3H3,(H,18,21)(H,19,22). The molecule has 1 fully saturated rings. The highest BCUT2D eigenvalue weighted by atomic mass is 16.2. The van der Waals surface area contributed by atoms with E-state index in [2.05, 4.69) is 10.6 Å². The first-order valence-electron chi connectivity index (χ1n) is 7.93. The Kier molecular flexibility index (Phi) is 5.36. The number of carbonyl (C=O) groups excluding carboxylic acids is 3. The van der Waals surface area contributed by atoms with E-state index in [1.807, 2.05) is 13.8 Å². The van der Waals surface area contributed by atoms with Gasteiger partial charge in [0.05, 0.1) is 11.8 Å². The van der Waals surface area contributed by atoms with E-state index in [1.165, 1.54) is 6.92 Å². The zero-order chi connectivity index (χ0) is 17.0. The summed E-state index contributed by atoms with van der Waals surface area (Å²) >= 11 is 0. The number of hydrogen-bond donors (Lipinski definition) is 2. The van der Waals surface area contributed by atoms with E-state index in [4.69, 9.17) is 0 Å². The first-order valence-corrected chi connectivity index (χ1v) is 7.93. The second-order valence-electron chi connectivity index (χ2n) is 5.71. The summed E-state index contributed by atoms with van der Waals surface area (Å²) < 4.78 is 0. The van der Waals surface area contributed by atoms with E-state index in [9.17, 15) is 14.4 Å². The van der Waals surface area contributed by atoms with E-state index in [1.54, 1.807) is 29.2 Å². The highest BCUT2D eigenvalue weighted by Crippen LogP contribution is 2.40. The third-order valence-electron chi connectivity index (χ3n) is 3.97. The SMILES string of the molecule is CCN(CC)C(=O)C1CC1C(=O)Nc1cccc(NC(C)=O)c1. The number of benzene rings is 1. The topological polar surface area (TPSA) is 78.5 Å². The van der Waals surface area contributed by atoms with Crippen LogP contribution in [0.3, 0.4) is 0 Å². The van der Waals surface area contributed by atoms with Gasteiger partial charge in [-0.05, 0) is 38.5 Å². The van der Waals surface area contributed by atoms with Crippen LogP contribution in [0.4, 0.5) is 11.4 Å². The Balaban J connectivity index is 1.94. The second kappa shape index (κ2) is 7.26. The van der Waals surface area contributed by atoms with E-state index in [-0.39, 0.29) is 29.6 Å². The van der Waals surface area contributed by atoms with Crippen molar-refractivity contribution in [1.82, 2.24) is 4.90 Å². The van der Waals surface area contributed by atoms with E-state index in [0.29, 0.717) is 30.9 Å². The molecule has 2 rings (SSSR count). The van der Waals surface area contributed by atoms with Crippen LogP contribution in [-0.4, -0.2) is 35.7 Å². The molecule has 3 amide bonds. The summed E-state index contributed by atoms with van der Waals surface area (Å²) in [6.07, 6.45) is 0.604. The fraction of sp³-hybridized carbons (Fsp3) is 0.471. The Hall–Kier alpha value is -2.37. The van der Waals surface area contributed by atoms with Crippen molar-refractivity contribution in [3.8, 4) is 0 Å². The molecular formula is C17H23N3O3. The molecule has 0 heterocycles. The van der Waals surface area contributed by atoms with Crippen LogP contribution in [0.15, 0.2) is 24.3 Å². The fourth-order valence-corrected chi connectivity index (χ4v) is 2.64. The van der Waals surface area contributed by atoms with Gasteiger partial charge in [-0.2, -0.15) is 0 Å². The van der Waals surface area contributed by atoms with Gasteiger partial charge < -0.3 is 15.5 Å². The smallest absolute Gasteiger partial charge is 0.228 e. The molecule has 124 valence electrons. The van der Waals surface area contributed by atoms with Gasteiger partial charge in [0.1, 0.15) is 0 Å². The molecule has 1 aromatic carbocycles. The normalized spacial score (nSPS) is 18.9. The largest absolute Gasteiger partial charge is 0.343 e. The highest BCUT2D eigenvalue weighted by Gasteiger charge is 2.49. The number of hydrogen-bond acceptors (Lipinski definition) is 3.